The predicted octanol–water partition coefficient (Wildman–Crippen LogP) is 0.897. The highest BCUT2D eigenvalue weighted by molar-refractivity contribution is 7.17. The average molecular weight is 202 g/mol. The molecule has 1 fully saturated rings. The lowest BCUT2D eigenvalue weighted by atomic mass is 9.92. The molecule has 72 valence electrons. The van der Waals surface area contributed by atoms with E-state index >= 15 is 0 Å². The Morgan fingerprint density at radius 3 is 2.69 bits per heavy atom. The van der Waals surface area contributed by atoms with Gasteiger partial charge in [-0.25, -0.2) is 4.57 Å². The second kappa shape index (κ2) is 5.06. The molecular weight excluding hydrogens is 190 g/mol. The van der Waals surface area contributed by atoms with Crippen LogP contribution in [0.5, 0.6) is 0 Å². The summed E-state index contributed by atoms with van der Waals surface area (Å²) < 4.78 is 25.7. The minimum atomic E-state index is -0.498. The van der Waals surface area contributed by atoms with E-state index in [1.807, 2.05) is 6.92 Å². The third kappa shape index (κ3) is 2.29. The van der Waals surface area contributed by atoms with Crippen molar-refractivity contribution in [1.29, 1.82) is 0 Å². The van der Waals surface area contributed by atoms with Crippen molar-refractivity contribution in [3.63, 3.8) is 0 Å². The first-order valence-corrected chi connectivity index (χ1v) is 4.90. The smallest absolute Gasteiger partial charge is 0.327 e. The van der Waals surface area contributed by atoms with Gasteiger partial charge in [0.25, 0.3) is 0 Å². The molecule has 0 saturated carbocycles. The van der Waals surface area contributed by atoms with Crippen LogP contribution in [0.2, 0.25) is 0 Å². The molecule has 0 aromatic rings. The van der Waals surface area contributed by atoms with Crippen molar-refractivity contribution < 1.29 is 18.6 Å². The van der Waals surface area contributed by atoms with Crippen LogP contribution in [0.3, 0.4) is 0 Å². The van der Waals surface area contributed by atoms with Gasteiger partial charge in [-0.05, 0) is 6.42 Å². The first-order valence-electron chi connectivity index (χ1n) is 4.16. The molecule has 0 spiro atoms. The van der Waals surface area contributed by atoms with E-state index in [4.69, 9.17) is 21.8 Å². The molecule has 1 unspecified atom stereocenters. The second-order valence-corrected chi connectivity index (χ2v) is 3.25. The molecule has 1 aliphatic heterocycles. The van der Waals surface area contributed by atoms with Crippen molar-refractivity contribution in [3.05, 3.63) is 0 Å². The normalized spacial score (nSPS) is 39.8. The fourth-order valence-electron chi connectivity index (χ4n) is 1.53. The highest BCUT2D eigenvalue weighted by Gasteiger charge is 2.42. The number of hydrogen-bond acceptors (Lipinski definition) is 4. The molecule has 2 radical (unpaired) electrons. The van der Waals surface area contributed by atoms with Gasteiger partial charge in [0.1, 0.15) is 20.1 Å². The van der Waals surface area contributed by atoms with Gasteiger partial charge in [0.15, 0.2) is 0 Å². The summed E-state index contributed by atoms with van der Waals surface area (Å²) >= 11 is 0. The van der Waals surface area contributed by atoms with Crippen molar-refractivity contribution >= 4 is 16.5 Å². The molecule has 6 heteroatoms. The first-order chi connectivity index (χ1) is 6.24. The molecule has 1 aliphatic rings. The minimum absolute atomic E-state index is 0.138. The molecule has 13 heavy (non-hydrogen) atoms. The second-order valence-electron chi connectivity index (χ2n) is 2.89. The number of hydrogen-bond donors (Lipinski definition) is 0. The quantitative estimate of drug-likeness (QED) is 0.501. The average Bonchev–Trinajstić information content (AvgIpc) is 2.43. The van der Waals surface area contributed by atoms with Gasteiger partial charge in [-0.3, -0.25) is 4.52 Å². The summed E-state index contributed by atoms with van der Waals surface area (Å²) in [4.78, 5) is 0. The van der Waals surface area contributed by atoms with E-state index in [1.54, 1.807) is 0 Å². The third-order valence-electron chi connectivity index (χ3n) is 2.19. The summed E-state index contributed by atoms with van der Waals surface area (Å²) in [6.07, 6.45) is -0.0646. The van der Waals surface area contributed by atoms with Crippen LogP contribution in [0.4, 0.5) is 0 Å². The fraction of sp³-hybridized carbons (Fsp3) is 1.00. The molecule has 4 nitrogen and oxygen atoms in total. The van der Waals surface area contributed by atoms with Gasteiger partial charge in [-0.2, -0.15) is 0 Å². The molecule has 0 bridgehead atoms. The molecule has 0 aromatic heterocycles. The number of ether oxygens (including phenoxy) is 2. The van der Waals surface area contributed by atoms with Gasteiger partial charge in [0, 0.05) is 13.1 Å². The van der Waals surface area contributed by atoms with Crippen molar-refractivity contribution in [3.8, 4) is 0 Å². The van der Waals surface area contributed by atoms with E-state index in [0.29, 0.717) is 0 Å². The molecule has 0 aliphatic carbocycles. The number of methoxy groups -OCH3 is 1. The van der Waals surface area contributed by atoms with Crippen molar-refractivity contribution in [2.45, 2.75) is 37.7 Å². The van der Waals surface area contributed by atoms with E-state index in [1.165, 1.54) is 7.11 Å². The Bertz CT molecular complexity index is 180. The largest absolute Gasteiger partial charge is 0.379 e. The van der Waals surface area contributed by atoms with Crippen molar-refractivity contribution in [1.82, 2.24) is 0 Å². The van der Waals surface area contributed by atoms with Crippen LogP contribution in [0, 0.1) is 0 Å². The van der Waals surface area contributed by atoms with Crippen LogP contribution in [-0.2, 0) is 18.6 Å². The minimum Gasteiger partial charge on any atom is -0.379 e. The van der Waals surface area contributed by atoms with Crippen molar-refractivity contribution in [2.24, 2.45) is 0 Å². The zero-order valence-corrected chi connectivity index (χ0v) is 8.57. The zero-order valence-electron chi connectivity index (χ0n) is 7.67. The van der Waals surface area contributed by atoms with Crippen LogP contribution in [0.25, 0.3) is 0 Å². The van der Waals surface area contributed by atoms with Crippen LogP contribution < -0.4 is 0 Å². The molecular formula is C7H12BO4P. The lowest BCUT2D eigenvalue weighted by molar-refractivity contribution is 0.0245. The summed E-state index contributed by atoms with van der Waals surface area (Å²) in [5.74, 6) is 0. The Morgan fingerprint density at radius 2 is 2.23 bits per heavy atom. The molecule has 0 aromatic carbocycles. The number of rotatable bonds is 4. The van der Waals surface area contributed by atoms with Crippen molar-refractivity contribution in [2.75, 3.05) is 7.11 Å². The molecule has 1 rings (SSSR count). The predicted molar refractivity (Wildman–Crippen MR) is 48.0 cm³/mol. The summed E-state index contributed by atoms with van der Waals surface area (Å²) in [5.41, 5.74) is 0. The third-order valence-corrected chi connectivity index (χ3v) is 2.51. The SMILES string of the molecule is [B][C@@H]1O[C@H](CC)C(OP=O)[C@@H]1OC. The Hall–Kier alpha value is 0.0449. The molecule has 4 atom stereocenters. The van der Waals surface area contributed by atoms with Gasteiger partial charge < -0.3 is 9.47 Å². The Morgan fingerprint density at radius 1 is 1.54 bits per heavy atom. The van der Waals surface area contributed by atoms with E-state index in [2.05, 4.69) is 0 Å². The standard InChI is InChI=1S/C7H12BO4P/c1-3-4-5(12-13-9)6(10-2)7(8)11-4/h4-7H,3H2,1-2H3/t4-,5?,6+,7-/m1/s1. The van der Waals surface area contributed by atoms with E-state index in [-0.39, 0.29) is 27.0 Å². The first kappa shape index (κ1) is 11.1. The summed E-state index contributed by atoms with van der Waals surface area (Å²) in [6.45, 7) is 1.95. The Balaban J connectivity index is 2.65. The lowest BCUT2D eigenvalue weighted by Gasteiger charge is -2.18. The van der Waals surface area contributed by atoms with Crippen LogP contribution in [-0.4, -0.2) is 39.3 Å². The Labute approximate surface area is 80.6 Å². The zero-order chi connectivity index (χ0) is 9.84. The monoisotopic (exact) mass is 202 g/mol. The highest BCUT2D eigenvalue weighted by Crippen LogP contribution is 2.28. The molecule has 1 heterocycles. The van der Waals surface area contributed by atoms with Gasteiger partial charge in [-0.15, -0.1) is 0 Å². The van der Waals surface area contributed by atoms with E-state index < -0.39 is 6.00 Å². The van der Waals surface area contributed by atoms with Gasteiger partial charge in [0.05, 0.1) is 6.10 Å². The van der Waals surface area contributed by atoms with E-state index in [9.17, 15) is 4.57 Å². The summed E-state index contributed by atoms with van der Waals surface area (Å²) in [7, 11) is 6.81. The summed E-state index contributed by atoms with van der Waals surface area (Å²) in [6, 6.07) is -0.498. The van der Waals surface area contributed by atoms with Gasteiger partial charge in [-0.1, -0.05) is 6.92 Å². The van der Waals surface area contributed by atoms with Gasteiger partial charge in [0.2, 0.25) is 0 Å². The maximum absolute atomic E-state index is 10.3. The van der Waals surface area contributed by atoms with Crippen LogP contribution in [0.15, 0.2) is 0 Å². The van der Waals surface area contributed by atoms with Crippen LogP contribution in [0.1, 0.15) is 13.3 Å². The lowest BCUT2D eigenvalue weighted by Crippen LogP contribution is -2.35. The fourth-order valence-corrected chi connectivity index (χ4v) is 1.88. The van der Waals surface area contributed by atoms with Crippen LogP contribution >= 0.6 is 8.69 Å². The topological polar surface area (TPSA) is 44.8 Å². The van der Waals surface area contributed by atoms with Gasteiger partial charge >= 0.3 is 8.69 Å². The molecule has 0 amide bonds. The van der Waals surface area contributed by atoms with E-state index in [0.717, 1.165) is 6.42 Å². The molecule has 0 N–H and O–H groups in total. The maximum Gasteiger partial charge on any atom is 0.327 e. The Kier molecular flexibility index (Phi) is 4.33. The highest BCUT2D eigenvalue weighted by atomic mass is 31.1. The maximum atomic E-state index is 10.3. The molecule has 1 saturated heterocycles. The summed E-state index contributed by atoms with van der Waals surface area (Å²) in [5, 5.41) is 0.